The number of nitriles is 1. The molecule has 1 aliphatic rings. The Kier molecular flexibility index (Phi) is 7.44. The van der Waals surface area contributed by atoms with E-state index in [9.17, 15) is 0 Å². The predicted molar refractivity (Wildman–Crippen MR) is 75.1 cm³/mol. The van der Waals surface area contributed by atoms with Gasteiger partial charge in [-0.3, -0.25) is 0 Å². The molecule has 0 spiro atoms. The van der Waals surface area contributed by atoms with E-state index in [1.165, 1.54) is 43.8 Å². The van der Waals surface area contributed by atoms with E-state index in [0.29, 0.717) is 18.6 Å². The van der Waals surface area contributed by atoms with Gasteiger partial charge in [0.1, 0.15) is 0 Å². The SMILES string of the molecule is C=C1C[C@H]1[C@H](CCCCCCC)OC/C=C/C#N. The van der Waals surface area contributed by atoms with Crippen molar-refractivity contribution in [2.45, 2.75) is 58.0 Å². The summed E-state index contributed by atoms with van der Waals surface area (Å²) in [7, 11) is 0. The van der Waals surface area contributed by atoms with E-state index in [2.05, 4.69) is 13.5 Å². The first-order valence-electron chi connectivity index (χ1n) is 7.13. The first kappa shape index (κ1) is 15.0. The maximum absolute atomic E-state index is 8.41. The third-order valence-corrected chi connectivity index (χ3v) is 3.49. The van der Waals surface area contributed by atoms with E-state index in [1.807, 2.05) is 6.07 Å². The smallest absolute Gasteiger partial charge is 0.0909 e. The molecule has 18 heavy (non-hydrogen) atoms. The standard InChI is InChI=1S/C16H25NO/c1-3-4-5-6-7-10-16(15-13-14(15)2)18-12-9-8-11-17/h8-9,15-16H,2-7,10,12-13H2,1H3/b9-8+/t15-,16+/m1/s1. The molecule has 0 radical (unpaired) electrons. The number of hydrogen-bond acceptors (Lipinski definition) is 2. The fourth-order valence-electron chi connectivity index (χ4n) is 2.25. The van der Waals surface area contributed by atoms with E-state index in [-0.39, 0.29) is 0 Å². The molecule has 0 N–H and O–H groups in total. The first-order chi connectivity index (χ1) is 8.79. The summed E-state index contributed by atoms with van der Waals surface area (Å²) in [5.41, 5.74) is 1.33. The number of rotatable bonds is 10. The fourth-order valence-corrected chi connectivity index (χ4v) is 2.25. The third kappa shape index (κ3) is 6.02. The molecular weight excluding hydrogens is 222 g/mol. The highest BCUT2D eigenvalue weighted by atomic mass is 16.5. The summed E-state index contributed by atoms with van der Waals surface area (Å²) < 4.78 is 5.85. The van der Waals surface area contributed by atoms with Crippen LogP contribution >= 0.6 is 0 Å². The maximum atomic E-state index is 8.41. The zero-order valence-electron chi connectivity index (χ0n) is 11.5. The lowest BCUT2D eigenvalue weighted by Crippen LogP contribution is -2.15. The second-order valence-corrected chi connectivity index (χ2v) is 5.08. The summed E-state index contributed by atoms with van der Waals surface area (Å²) in [5.74, 6) is 0.576. The van der Waals surface area contributed by atoms with Crippen molar-refractivity contribution < 1.29 is 4.74 Å². The van der Waals surface area contributed by atoms with Gasteiger partial charge >= 0.3 is 0 Å². The van der Waals surface area contributed by atoms with Gasteiger partial charge in [0.2, 0.25) is 0 Å². The molecule has 0 saturated heterocycles. The lowest BCUT2D eigenvalue weighted by molar-refractivity contribution is 0.0526. The number of nitrogens with zero attached hydrogens (tertiary/aromatic N) is 1. The minimum Gasteiger partial charge on any atom is -0.373 e. The van der Waals surface area contributed by atoms with Crippen LogP contribution in [0.1, 0.15) is 51.9 Å². The van der Waals surface area contributed by atoms with Crippen molar-refractivity contribution in [2.75, 3.05) is 6.61 Å². The number of unbranched alkanes of at least 4 members (excludes halogenated alkanes) is 4. The molecule has 0 unspecified atom stereocenters. The monoisotopic (exact) mass is 247 g/mol. The lowest BCUT2D eigenvalue weighted by atomic mass is 10.0. The molecule has 1 fully saturated rings. The van der Waals surface area contributed by atoms with Crippen LogP contribution in [0.15, 0.2) is 24.3 Å². The number of ether oxygens (including phenoxy) is 1. The van der Waals surface area contributed by atoms with Gasteiger partial charge in [-0.05, 0) is 18.9 Å². The highest BCUT2D eigenvalue weighted by molar-refractivity contribution is 5.21. The van der Waals surface area contributed by atoms with E-state index < -0.39 is 0 Å². The van der Waals surface area contributed by atoms with E-state index in [4.69, 9.17) is 10.00 Å². The lowest BCUT2D eigenvalue weighted by Gasteiger charge is -2.16. The van der Waals surface area contributed by atoms with Crippen LogP contribution in [-0.4, -0.2) is 12.7 Å². The van der Waals surface area contributed by atoms with Gasteiger partial charge < -0.3 is 4.74 Å². The van der Waals surface area contributed by atoms with Gasteiger partial charge in [-0.25, -0.2) is 0 Å². The van der Waals surface area contributed by atoms with E-state index >= 15 is 0 Å². The molecule has 100 valence electrons. The summed E-state index contributed by atoms with van der Waals surface area (Å²) >= 11 is 0. The van der Waals surface area contributed by atoms with Crippen molar-refractivity contribution >= 4 is 0 Å². The number of allylic oxidation sites excluding steroid dienone is 1. The highest BCUT2D eigenvalue weighted by Gasteiger charge is 2.35. The molecule has 1 aliphatic carbocycles. The zero-order chi connectivity index (χ0) is 13.2. The van der Waals surface area contributed by atoms with Crippen molar-refractivity contribution in [2.24, 2.45) is 5.92 Å². The molecule has 2 nitrogen and oxygen atoms in total. The second kappa shape index (κ2) is 8.94. The van der Waals surface area contributed by atoms with Gasteiger partial charge in [0, 0.05) is 12.0 Å². The fraction of sp³-hybridized carbons (Fsp3) is 0.688. The molecule has 2 heteroatoms. The Bertz CT molecular complexity index is 314. The minimum absolute atomic E-state index is 0.322. The van der Waals surface area contributed by atoms with Crippen molar-refractivity contribution in [1.29, 1.82) is 5.26 Å². The quantitative estimate of drug-likeness (QED) is 0.326. The minimum atomic E-state index is 0.322. The molecule has 0 aliphatic heterocycles. The molecular formula is C16H25NO. The summed E-state index contributed by atoms with van der Waals surface area (Å²) in [4.78, 5) is 0. The molecule has 2 atom stereocenters. The van der Waals surface area contributed by atoms with Crippen LogP contribution in [0.5, 0.6) is 0 Å². The van der Waals surface area contributed by atoms with Gasteiger partial charge in [0.05, 0.1) is 18.8 Å². The molecule has 0 aromatic rings. The van der Waals surface area contributed by atoms with Crippen LogP contribution in [0.25, 0.3) is 0 Å². The third-order valence-electron chi connectivity index (χ3n) is 3.49. The van der Waals surface area contributed by atoms with Crippen molar-refractivity contribution in [3.63, 3.8) is 0 Å². The van der Waals surface area contributed by atoms with Crippen LogP contribution in [0.2, 0.25) is 0 Å². The Hall–Kier alpha value is -1.07. The summed E-state index contributed by atoms with van der Waals surface area (Å²) in [6, 6.07) is 1.98. The molecule has 0 amide bonds. The molecule has 0 heterocycles. The average Bonchev–Trinajstić information content (AvgIpc) is 3.09. The van der Waals surface area contributed by atoms with Crippen molar-refractivity contribution in [3.05, 3.63) is 24.3 Å². The Morgan fingerprint density at radius 2 is 2.17 bits per heavy atom. The average molecular weight is 247 g/mol. The molecule has 1 rings (SSSR count). The molecule has 1 saturated carbocycles. The number of hydrogen-bond donors (Lipinski definition) is 0. The Morgan fingerprint density at radius 3 is 2.78 bits per heavy atom. The van der Waals surface area contributed by atoms with Gasteiger partial charge in [0.15, 0.2) is 0 Å². The maximum Gasteiger partial charge on any atom is 0.0909 e. The Balaban J connectivity index is 2.18. The second-order valence-electron chi connectivity index (χ2n) is 5.08. The normalized spacial score (nSPS) is 20.0. The van der Waals surface area contributed by atoms with E-state index in [1.54, 1.807) is 6.08 Å². The molecule has 0 bridgehead atoms. The molecule has 0 aromatic carbocycles. The topological polar surface area (TPSA) is 33.0 Å². The highest BCUT2D eigenvalue weighted by Crippen LogP contribution is 2.41. The van der Waals surface area contributed by atoms with Crippen LogP contribution < -0.4 is 0 Å². The van der Waals surface area contributed by atoms with Gasteiger partial charge in [-0.1, -0.05) is 51.2 Å². The summed E-state index contributed by atoms with van der Waals surface area (Å²) in [6.07, 6.45) is 12.4. The Labute approximate surface area is 111 Å². The van der Waals surface area contributed by atoms with Crippen LogP contribution in [0.3, 0.4) is 0 Å². The van der Waals surface area contributed by atoms with Crippen LogP contribution in [0.4, 0.5) is 0 Å². The van der Waals surface area contributed by atoms with Gasteiger partial charge in [0.25, 0.3) is 0 Å². The van der Waals surface area contributed by atoms with Gasteiger partial charge in [-0.15, -0.1) is 0 Å². The van der Waals surface area contributed by atoms with E-state index in [0.717, 1.165) is 12.8 Å². The van der Waals surface area contributed by atoms with Crippen molar-refractivity contribution in [1.82, 2.24) is 0 Å². The van der Waals surface area contributed by atoms with Crippen LogP contribution in [0, 0.1) is 17.2 Å². The van der Waals surface area contributed by atoms with Crippen molar-refractivity contribution in [3.8, 4) is 6.07 Å². The summed E-state index contributed by atoms with van der Waals surface area (Å²) in [5, 5.41) is 8.41. The largest absolute Gasteiger partial charge is 0.373 e. The Morgan fingerprint density at radius 1 is 1.44 bits per heavy atom. The molecule has 0 aromatic heterocycles. The predicted octanol–water partition coefficient (Wildman–Crippen LogP) is 4.39. The van der Waals surface area contributed by atoms with Crippen LogP contribution in [-0.2, 0) is 4.74 Å². The first-order valence-corrected chi connectivity index (χ1v) is 7.13. The zero-order valence-corrected chi connectivity index (χ0v) is 11.5. The summed E-state index contributed by atoms with van der Waals surface area (Å²) in [6.45, 7) is 6.81. The van der Waals surface area contributed by atoms with Gasteiger partial charge in [-0.2, -0.15) is 5.26 Å².